The predicted molar refractivity (Wildman–Crippen MR) is 51.4 cm³/mol. The SMILES string of the molecule is CNC(=O)COc1ccccc1C=O. The zero-order chi connectivity index (χ0) is 10.4. The highest BCUT2D eigenvalue weighted by Gasteiger charge is 2.03. The van der Waals surface area contributed by atoms with Gasteiger partial charge >= 0.3 is 0 Å². The van der Waals surface area contributed by atoms with Crippen molar-refractivity contribution < 1.29 is 14.3 Å². The van der Waals surface area contributed by atoms with Gasteiger partial charge in [-0.3, -0.25) is 9.59 Å². The van der Waals surface area contributed by atoms with Gasteiger partial charge in [0.25, 0.3) is 5.91 Å². The van der Waals surface area contributed by atoms with Crippen molar-refractivity contribution >= 4 is 12.2 Å². The van der Waals surface area contributed by atoms with Gasteiger partial charge in [-0.25, -0.2) is 0 Å². The van der Waals surface area contributed by atoms with E-state index in [4.69, 9.17) is 4.74 Å². The molecule has 4 heteroatoms. The standard InChI is InChI=1S/C10H11NO3/c1-11-10(13)7-14-9-5-3-2-4-8(9)6-12/h2-6H,7H2,1H3,(H,11,13). The fourth-order valence-corrected chi connectivity index (χ4v) is 0.925. The van der Waals surface area contributed by atoms with Crippen LogP contribution >= 0.6 is 0 Å². The van der Waals surface area contributed by atoms with Crippen molar-refractivity contribution in [1.29, 1.82) is 0 Å². The third kappa shape index (κ3) is 2.58. The lowest BCUT2D eigenvalue weighted by molar-refractivity contribution is -0.122. The van der Waals surface area contributed by atoms with Gasteiger partial charge in [-0.1, -0.05) is 12.1 Å². The van der Waals surface area contributed by atoms with Crippen molar-refractivity contribution in [3.8, 4) is 5.75 Å². The van der Waals surface area contributed by atoms with Crippen LogP contribution < -0.4 is 10.1 Å². The van der Waals surface area contributed by atoms with Crippen molar-refractivity contribution in [1.82, 2.24) is 5.32 Å². The molecule has 0 unspecified atom stereocenters. The van der Waals surface area contributed by atoms with Gasteiger partial charge in [0, 0.05) is 7.05 Å². The molecule has 1 rings (SSSR count). The number of likely N-dealkylation sites (N-methyl/N-ethyl adjacent to an activating group) is 1. The second-order valence-corrected chi connectivity index (χ2v) is 2.62. The Bertz CT molecular complexity index is 336. The first-order valence-corrected chi connectivity index (χ1v) is 4.15. The highest BCUT2D eigenvalue weighted by atomic mass is 16.5. The smallest absolute Gasteiger partial charge is 0.257 e. The first kappa shape index (κ1) is 10.2. The summed E-state index contributed by atoms with van der Waals surface area (Å²) in [5, 5.41) is 2.42. The lowest BCUT2D eigenvalue weighted by atomic mass is 10.2. The largest absolute Gasteiger partial charge is 0.483 e. The van der Waals surface area contributed by atoms with E-state index in [1.165, 1.54) is 7.05 Å². The molecule has 14 heavy (non-hydrogen) atoms. The molecular formula is C10H11NO3. The lowest BCUT2D eigenvalue weighted by Crippen LogP contribution is -2.25. The van der Waals surface area contributed by atoms with E-state index in [2.05, 4.69) is 5.32 Å². The number of para-hydroxylation sites is 1. The Morgan fingerprint density at radius 3 is 2.86 bits per heavy atom. The molecular weight excluding hydrogens is 182 g/mol. The van der Waals surface area contributed by atoms with E-state index in [0.717, 1.165) is 0 Å². The minimum Gasteiger partial charge on any atom is -0.483 e. The average Bonchev–Trinajstić information content (AvgIpc) is 2.26. The average molecular weight is 193 g/mol. The number of hydrogen-bond donors (Lipinski definition) is 1. The van der Waals surface area contributed by atoms with E-state index in [1.807, 2.05) is 0 Å². The molecule has 0 saturated heterocycles. The summed E-state index contributed by atoms with van der Waals surface area (Å²) in [6, 6.07) is 6.75. The van der Waals surface area contributed by atoms with Crippen molar-refractivity contribution in [2.45, 2.75) is 0 Å². The molecule has 0 aliphatic heterocycles. The zero-order valence-electron chi connectivity index (χ0n) is 7.82. The fourth-order valence-electron chi connectivity index (χ4n) is 0.925. The molecule has 1 aromatic carbocycles. The first-order valence-electron chi connectivity index (χ1n) is 4.15. The van der Waals surface area contributed by atoms with Crippen LogP contribution in [-0.4, -0.2) is 25.8 Å². The summed E-state index contributed by atoms with van der Waals surface area (Å²) in [6.07, 6.45) is 0.694. The molecule has 4 nitrogen and oxygen atoms in total. The number of rotatable bonds is 4. The second-order valence-electron chi connectivity index (χ2n) is 2.62. The molecule has 0 saturated carbocycles. The molecule has 0 radical (unpaired) electrons. The Hall–Kier alpha value is -1.84. The molecule has 0 aromatic heterocycles. The minimum atomic E-state index is -0.231. The summed E-state index contributed by atoms with van der Waals surface area (Å²) < 4.78 is 5.14. The van der Waals surface area contributed by atoms with E-state index in [1.54, 1.807) is 24.3 Å². The first-order chi connectivity index (χ1) is 6.77. The summed E-state index contributed by atoms with van der Waals surface area (Å²) in [4.78, 5) is 21.4. The molecule has 1 N–H and O–H groups in total. The molecule has 0 fully saturated rings. The number of benzene rings is 1. The van der Waals surface area contributed by atoms with Crippen LogP contribution in [0.3, 0.4) is 0 Å². The summed E-state index contributed by atoms with van der Waals surface area (Å²) in [5.41, 5.74) is 0.441. The van der Waals surface area contributed by atoms with Crippen LogP contribution in [0.15, 0.2) is 24.3 Å². The highest BCUT2D eigenvalue weighted by Crippen LogP contribution is 2.14. The van der Waals surface area contributed by atoms with Gasteiger partial charge in [-0.15, -0.1) is 0 Å². The molecule has 0 aliphatic carbocycles. The van der Waals surface area contributed by atoms with Crippen molar-refractivity contribution in [3.05, 3.63) is 29.8 Å². The number of nitrogens with one attached hydrogen (secondary N) is 1. The van der Waals surface area contributed by atoms with Crippen LogP contribution in [0.4, 0.5) is 0 Å². The molecule has 0 bridgehead atoms. The summed E-state index contributed by atoms with van der Waals surface area (Å²) >= 11 is 0. The number of carbonyl (C=O) groups excluding carboxylic acids is 2. The van der Waals surface area contributed by atoms with E-state index in [0.29, 0.717) is 17.6 Å². The Kier molecular flexibility index (Phi) is 3.67. The highest BCUT2D eigenvalue weighted by molar-refractivity contribution is 5.80. The molecule has 1 amide bonds. The van der Waals surface area contributed by atoms with E-state index in [-0.39, 0.29) is 12.5 Å². The van der Waals surface area contributed by atoms with Crippen LogP contribution in [0.1, 0.15) is 10.4 Å². The maximum Gasteiger partial charge on any atom is 0.257 e. The van der Waals surface area contributed by atoms with Gasteiger partial charge < -0.3 is 10.1 Å². The fraction of sp³-hybridized carbons (Fsp3) is 0.200. The third-order valence-corrected chi connectivity index (χ3v) is 1.68. The third-order valence-electron chi connectivity index (χ3n) is 1.68. The summed E-state index contributed by atoms with van der Waals surface area (Å²) in [7, 11) is 1.53. The van der Waals surface area contributed by atoms with E-state index >= 15 is 0 Å². The maximum atomic E-state index is 10.9. The normalized spacial score (nSPS) is 9.21. The number of carbonyl (C=O) groups is 2. The Balaban J connectivity index is 2.66. The minimum absolute atomic E-state index is 0.0820. The van der Waals surface area contributed by atoms with E-state index in [9.17, 15) is 9.59 Å². The van der Waals surface area contributed by atoms with Gasteiger partial charge in [0.2, 0.25) is 0 Å². The van der Waals surface area contributed by atoms with Gasteiger partial charge in [0.1, 0.15) is 5.75 Å². The number of ether oxygens (including phenoxy) is 1. The van der Waals surface area contributed by atoms with Crippen LogP contribution in [0.2, 0.25) is 0 Å². The molecule has 1 aromatic rings. The van der Waals surface area contributed by atoms with Gasteiger partial charge in [0.15, 0.2) is 12.9 Å². The maximum absolute atomic E-state index is 10.9. The second kappa shape index (κ2) is 5.01. The van der Waals surface area contributed by atoms with E-state index < -0.39 is 0 Å². The molecule has 0 heterocycles. The lowest BCUT2D eigenvalue weighted by Gasteiger charge is -2.06. The Labute approximate surface area is 81.9 Å². The molecule has 0 atom stereocenters. The number of hydrogen-bond acceptors (Lipinski definition) is 3. The van der Waals surface area contributed by atoms with Gasteiger partial charge in [0.05, 0.1) is 5.56 Å². The molecule has 74 valence electrons. The van der Waals surface area contributed by atoms with Crippen LogP contribution in [0.25, 0.3) is 0 Å². The van der Waals surface area contributed by atoms with Crippen molar-refractivity contribution in [2.75, 3.05) is 13.7 Å². The topological polar surface area (TPSA) is 55.4 Å². The van der Waals surface area contributed by atoms with Gasteiger partial charge in [-0.05, 0) is 12.1 Å². The summed E-state index contributed by atoms with van der Waals surface area (Å²) in [5.74, 6) is 0.191. The summed E-state index contributed by atoms with van der Waals surface area (Å²) in [6.45, 7) is -0.0820. The predicted octanol–water partition coefficient (Wildman–Crippen LogP) is 0.624. The zero-order valence-corrected chi connectivity index (χ0v) is 7.82. The monoisotopic (exact) mass is 193 g/mol. The van der Waals surface area contributed by atoms with Crippen LogP contribution in [0.5, 0.6) is 5.75 Å². The number of aldehydes is 1. The van der Waals surface area contributed by atoms with Crippen LogP contribution in [-0.2, 0) is 4.79 Å². The van der Waals surface area contributed by atoms with Crippen LogP contribution in [0, 0.1) is 0 Å². The molecule has 0 spiro atoms. The van der Waals surface area contributed by atoms with Gasteiger partial charge in [-0.2, -0.15) is 0 Å². The molecule has 0 aliphatic rings. The number of amides is 1. The van der Waals surface area contributed by atoms with Crippen molar-refractivity contribution in [3.63, 3.8) is 0 Å². The van der Waals surface area contributed by atoms with Crippen molar-refractivity contribution in [2.24, 2.45) is 0 Å². The quantitative estimate of drug-likeness (QED) is 0.713. The Morgan fingerprint density at radius 2 is 2.21 bits per heavy atom. The Morgan fingerprint density at radius 1 is 1.50 bits per heavy atom.